The minimum absolute atomic E-state index is 0.314. The Morgan fingerprint density at radius 3 is 2.50 bits per heavy atom. The van der Waals surface area contributed by atoms with Gasteiger partial charge in [-0.2, -0.15) is 4.37 Å². The van der Waals surface area contributed by atoms with Crippen molar-refractivity contribution >= 4 is 28.5 Å². The van der Waals surface area contributed by atoms with Gasteiger partial charge in [0.05, 0.1) is 0 Å². The van der Waals surface area contributed by atoms with Gasteiger partial charge in [-0.1, -0.05) is 0 Å². The van der Waals surface area contributed by atoms with Crippen molar-refractivity contribution in [3.8, 4) is 0 Å². The molecule has 1 aliphatic heterocycles. The van der Waals surface area contributed by atoms with Crippen molar-refractivity contribution in [1.29, 1.82) is 0 Å². The van der Waals surface area contributed by atoms with E-state index in [4.69, 9.17) is 0 Å². The lowest BCUT2D eigenvalue weighted by molar-refractivity contribution is -0.120. The number of anilines is 1. The fourth-order valence-electron chi connectivity index (χ4n) is 1.15. The van der Waals surface area contributed by atoms with Crippen LogP contribution in [0.2, 0.25) is 0 Å². The van der Waals surface area contributed by atoms with Crippen molar-refractivity contribution in [3.63, 3.8) is 0 Å². The van der Waals surface area contributed by atoms with E-state index in [-0.39, 0.29) is 11.8 Å². The van der Waals surface area contributed by atoms with Crippen LogP contribution < -0.4 is 4.90 Å². The number of aryl methyl sites for hydroxylation is 1. The molecule has 2 amide bonds. The molecule has 0 spiro atoms. The van der Waals surface area contributed by atoms with Gasteiger partial charge in [-0.05, 0) is 13.8 Å². The van der Waals surface area contributed by atoms with Crippen LogP contribution in [0.25, 0.3) is 0 Å². The minimum atomic E-state index is -0.344. The number of hydrogen-bond donors (Lipinski definition) is 0. The second-order valence-electron chi connectivity index (χ2n) is 2.93. The highest BCUT2D eigenvalue weighted by Crippen LogP contribution is 2.23. The Hall–Kier alpha value is -1.56. The van der Waals surface area contributed by atoms with Gasteiger partial charge in [-0.15, -0.1) is 0 Å². The van der Waals surface area contributed by atoms with Crippen molar-refractivity contribution in [2.24, 2.45) is 0 Å². The number of hydrogen-bond acceptors (Lipinski definition) is 5. The van der Waals surface area contributed by atoms with Crippen LogP contribution in [-0.4, -0.2) is 21.2 Å². The molecule has 0 saturated carbocycles. The molecule has 2 rings (SSSR count). The number of rotatable bonds is 1. The third-order valence-electron chi connectivity index (χ3n) is 1.81. The molecule has 0 saturated heterocycles. The Bertz CT molecular complexity index is 449. The van der Waals surface area contributed by atoms with Crippen LogP contribution in [0.5, 0.6) is 0 Å². The van der Waals surface area contributed by atoms with Crippen molar-refractivity contribution < 1.29 is 9.59 Å². The Balaban J connectivity index is 2.38. The molecule has 0 unspecified atom stereocenters. The summed E-state index contributed by atoms with van der Waals surface area (Å²) in [6, 6.07) is 0. The molecule has 0 N–H and O–H groups in total. The van der Waals surface area contributed by atoms with Crippen LogP contribution in [0.3, 0.4) is 0 Å². The first-order valence-corrected chi connectivity index (χ1v) is 4.74. The zero-order valence-electron chi connectivity index (χ0n) is 7.64. The van der Waals surface area contributed by atoms with E-state index in [0.717, 1.165) is 16.4 Å². The molecular weight excluding hydrogens is 202 g/mol. The summed E-state index contributed by atoms with van der Waals surface area (Å²) in [6.07, 6.45) is 1.30. The molecule has 2 heterocycles. The second kappa shape index (κ2) is 2.98. The van der Waals surface area contributed by atoms with Crippen molar-refractivity contribution in [3.05, 3.63) is 17.5 Å². The third kappa shape index (κ3) is 1.24. The van der Waals surface area contributed by atoms with Crippen LogP contribution in [-0.2, 0) is 9.59 Å². The smallest absolute Gasteiger partial charge is 0.263 e. The molecule has 14 heavy (non-hydrogen) atoms. The van der Waals surface area contributed by atoms with Gasteiger partial charge in [-0.3, -0.25) is 9.59 Å². The maximum absolute atomic E-state index is 11.5. The normalized spacial score (nSPS) is 16.4. The lowest BCUT2D eigenvalue weighted by atomic mass is 10.3. The lowest BCUT2D eigenvalue weighted by Gasteiger charge is -2.08. The van der Waals surface area contributed by atoms with Crippen LogP contribution in [0.4, 0.5) is 5.13 Å². The molecule has 0 fully saturated rings. The summed E-state index contributed by atoms with van der Waals surface area (Å²) >= 11 is 1.05. The minimum Gasteiger partial charge on any atom is -0.269 e. The first-order chi connectivity index (χ1) is 6.59. The maximum atomic E-state index is 11.5. The van der Waals surface area contributed by atoms with Gasteiger partial charge in [0, 0.05) is 23.2 Å². The van der Waals surface area contributed by atoms with Gasteiger partial charge in [-0.25, -0.2) is 9.88 Å². The van der Waals surface area contributed by atoms with E-state index in [9.17, 15) is 9.59 Å². The fraction of sp³-hybridized carbons (Fsp3) is 0.250. The Morgan fingerprint density at radius 2 is 2.07 bits per heavy atom. The summed E-state index contributed by atoms with van der Waals surface area (Å²) in [7, 11) is 0. The molecule has 1 aromatic rings. The van der Waals surface area contributed by atoms with E-state index in [2.05, 4.69) is 9.36 Å². The predicted octanol–water partition coefficient (Wildman–Crippen LogP) is 0.666. The summed E-state index contributed by atoms with van der Waals surface area (Å²) in [5.41, 5.74) is 0.433. The monoisotopic (exact) mass is 209 g/mol. The number of aromatic nitrogens is 2. The molecule has 0 aromatic carbocycles. The summed E-state index contributed by atoms with van der Waals surface area (Å²) in [5.74, 6) is -0.0926. The Morgan fingerprint density at radius 1 is 1.36 bits per heavy atom. The average molecular weight is 209 g/mol. The van der Waals surface area contributed by atoms with E-state index in [1.807, 2.05) is 0 Å². The Labute approximate surface area is 84.2 Å². The van der Waals surface area contributed by atoms with Gasteiger partial charge in [0.1, 0.15) is 5.82 Å². The van der Waals surface area contributed by atoms with Gasteiger partial charge in [0.2, 0.25) is 5.13 Å². The van der Waals surface area contributed by atoms with Crippen molar-refractivity contribution in [2.45, 2.75) is 13.8 Å². The first-order valence-electron chi connectivity index (χ1n) is 3.96. The lowest BCUT2D eigenvalue weighted by Crippen LogP contribution is -2.30. The SMILES string of the molecule is CC1=CC(=O)N(c2nc(C)ns2)C1=O. The van der Waals surface area contributed by atoms with E-state index < -0.39 is 0 Å². The van der Waals surface area contributed by atoms with Gasteiger partial charge >= 0.3 is 0 Å². The molecule has 1 aromatic heterocycles. The van der Waals surface area contributed by atoms with E-state index >= 15 is 0 Å². The van der Waals surface area contributed by atoms with E-state index in [1.165, 1.54) is 6.08 Å². The summed E-state index contributed by atoms with van der Waals surface area (Å²) < 4.78 is 3.92. The molecule has 1 aliphatic rings. The van der Waals surface area contributed by atoms with Crippen LogP contribution >= 0.6 is 11.5 Å². The van der Waals surface area contributed by atoms with E-state index in [1.54, 1.807) is 13.8 Å². The molecule has 0 aliphatic carbocycles. The van der Waals surface area contributed by atoms with E-state index in [0.29, 0.717) is 16.5 Å². The first kappa shape index (κ1) is 9.01. The second-order valence-corrected chi connectivity index (χ2v) is 3.66. The number of amides is 2. The van der Waals surface area contributed by atoms with Gasteiger partial charge < -0.3 is 0 Å². The number of imide groups is 1. The average Bonchev–Trinajstić information content (AvgIpc) is 2.60. The molecule has 6 heteroatoms. The van der Waals surface area contributed by atoms with Gasteiger partial charge in [0.25, 0.3) is 11.8 Å². The molecule has 0 radical (unpaired) electrons. The maximum Gasteiger partial charge on any atom is 0.263 e. The molecule has 0 atom stereocenters. The van der Waals surface area contributed by atoms with Crippen LogP contribution in [0.1, 0.15) is 12.7 Å². The highest BCUT2D eigenvalue weighted by atomic mass is 32.1. The number of carbonyl (C=O) groups excluding carboxylic acids is 2. The fourth-order valence-corrected chi connectivity index (χ4v) is 1.83. The standard InChI is InChI=1S/C8H7N3O2S/c1-4-3-6(12)11(7(4)13)8-9-5(2)10-14-8/h3H,1-2H3. The predicted molar refractivity (Wildman–Crippen MR) is 50.9 cm³/mol. The zero-order valence-corrected chi connectivity index (χ0v) is 8.46. The molecular formula is C8H7N3O2S. The highest BCUT2D eigenvalue weighted by Gasteiger charge is 2.32. The molecule has 72 valence electrons. The molecule has 5 nitrogen and oxygen atoms in total. The zero-order chi connectivity index (χ0) is 10.3. The van der Waals surface area contributed by atoms with Crippen molar-refractivity contribution in [1.82, 2.24) is 9.36 Å². The van der Waals surface area contributed by atoms with Gasteiger partial charge in [0.15, 0.2) is 0 Å². The van der Waals surface area contributed by atoms with Crippen molar-refractivity contribution in [2.75, 3.05) is 4.90 Å². The quantitative estimate of drug-likeness (QED) is 0.637. The number of nitrogens with zero attached hydrogens (tertiary/aromatic N) is 3. The highest BCUT2D eigenvalue weighted by molar-refractivity contribution is 7.10. The summed E-state index contributed by atoms with van der Waals surface area (Å²) in [4.78, 5) is 27.9. The van der Waals surface area contributed by atoms with Crippen LogP contribution in [0, 0.1) is 6.92 Å². The summed E-state index contributed by atoms with van der Waals surface area (Å²) in [5, 5.41) is 0.339. The summed E-state index contributed by atoms with van der Waals surface area (Å²) in [6.45, 7) is 3.32. The topological polar surface area (TPSA) is 63.2 Å². The number of carbonyl (C=O) groups is 2. The van der Waals surface area contributed by atoms with Crippen LogP contribution in [0.15, 0.2) is 11.6 Å². The largest absolute Gasteiger partial charge is 0.269 e. The molecule has 0 bridgehead atoms. The Kier molecular flexibility index (Phi) is 1.92. The third-order valence-corrected chi connectivity index (χ3v) is 2.60.